The van der Waals surface area contributed by atoms with E-state index in [9.17, 15) is 19.8 Å². The minimum Gasteiger partial charge on any atom is -0.457 e. The molecule has 0 aromatic heterocycles. The van der Waals surface area contributed by atoms with Crippen LogP contribution in [0.2, 0.25) is 0 Å². The van der Waals surface area contributed by atoms with Gasteiger partial charge in [-0.2, -0.15) is 0 Å². The van der Waals surface area contributed by atoms with E-state index >= 15 is 0 Å². The molecule has 0 aliphatic carbocycles. The Balaban J connectivity index is 2.00. The zero-order valence-corrected chi connectivity index (χ0v) is 20.6. The number of carbonyl (C=O) groups excluding carboxylic acids is 2. The molecule has 0 aliphatic heterocycles. The second-order valence-electron chi connectivity index (χ2n) is 9.96. The van der Waals surface area contributed by atoms with Crippen molar-refractivity contribution in [2.75, 3.05) is 0 Å². The first-order valence-electron chi connectivity index (χ1n) is 11.1. The Morgan fingerprint density at radius 3 is 1.21 bits per heavy atom. The molecule has 2 N–H and O–H groups in total. The maximum atomic E-state index is 11.8. The van der Waals surface area contributed by atoms with Gasteiger partial charge in [0.05, 0.1) is 0 Å². The molecule has 2 atom stereocenters. The molecule has 0 aliphatic rings. The van der Waals surface area contributed by atoms with Gasteiger partial charge in [-0.15, -0.1) is 0 Å². The van der Waals surface area contributed by atoms with E-state index in [4.69, 9.17) is 9.47 Å². The molecule has 2 aromatic rings. The summed E-state index contributed by atoms with van der Waals surface area (Å²) in [6.07, 6.45) is 3.70. The second-order valence-corrected chi connectivity index (χ2v) is 9.96. The number of carbonyl (C=O) groups is 2. The van der Waals surface area contributed by atoms with Gasteiger partial charge in [0.25, 0.3) is 0 Å². The molecule has 0 saturated heterocycles. The normalized spacial score (nSPS) is 14.2. The summed E-state index contributed by atoms with van der Waals surface area (Å²) in [6, 6.07) is 13.8. The van der Waals surface area contributed by atoms with E-state index < -0.39 is 35.3 Å². The number of benzene rings is 2. The van der Waals surface area contributed by atoms with Crippen LogP contribution in [0.4, 0.5) is 0 Å². The Kier molecular flexibility index (Phi) is 8.96. The van der Waals surface area contributed by atoms with Gasteiger partial charge in [0.2, 0.25) is 0 Å². The highest BCUT2D eigenvalue weighted by molar-refractivity contribution is 5.87. The van der Waals surface area contributed by atoms with Crippen LogP contribution in [0.5, 0.6) is 0 Å². The fourth-order valence-corrected chi connectivity index (χ4v) is 2.97. The van der Waals surface area contributed by atoms with Crippen LogP contribution in [-0.2, 0) is 19.1 Å². The highest BCUT2D eigenvalue weighted by Gasteiger charge is 2.20. The molecule has 2 unspecified atom stereocenters. The highest BCUT2D eigenvalue weighted by Crippen LogP contribution is 2.29. The summed E-state index contributed by atoms with van der Waals surface area (Å²) < 4.78 is 10.5. The monoisotopic (exact) mass is 466 g/mol. The lowest BCUT2D eigenvalue weighted by atomic mass is 9.96. The van der Waals surface area contributed by atoms with E-state index in [1.165, 1.54) is 12.2 Å². The molecule has 0 heterocycles. The number of esters is 2. The fourth-order valence-electron chi connectivity index (χ4n) is 2.97. The first-order valence-corrected chi connectivity index (χ1v) is 11.1. The molecule has 0 radical (unpaired) electrons. The molecule has 2 aromatic carbocycles. The molecule has 182 valence electrons. The number of rotatable bonds is 7. The Morgan fingerprint density at radius 2 is 0.941 bits per heavy atom. The van der Waals surface area contributed by atoms with Crippen molar-refractivity contribution in [3.05, 3.63) is 82.9 Å². The van der Waals surface area contributed by atoms with Gasteiger partial charge in [0, 0.05) is 12.2 Å². The van der Waals surface area contributed by atoms with Crippen molar-refractivity contribution < 1.29 is 29.3 Å². The molecular formula is C28H34O6. The highest BCUT2D eigenvalue weighted by atomic mass is 16.6. The van der Waals surface area contributed by atoms with Crippen LogP contribution < -0.4 is 0 Å². The van der Waals surface area contributed by atoms with E-state index in [1.807, 2.05) is 0 Å². The van der Waals surface area contributed by atoms with E-state index in [2.05, 4.69) is 0 Å². The van der Waals surface area contributed by atoms with Crippen LogP contribution >= 0.6 is 0 Å². The number of hydrogen-bond donors (Lipinski definition) is 2. The molecule has 0 bridgehead atoms. The predicted molar refractivity (Wildman–Crippen MR) is 133 cm³/mol. The molecule has 0 fully saturated rings. The summed E-state index contributed by atoms with van der Waals surface area (Å²) in [5.41, 5.74) is 1.48. The number of ether oxygens (including phenoxy) is 2. The van der Waals surface area contributed by atoms with Gasteiger partial charge < -0.3 is 19.7 Å². The summed E-state index contributed by atoms with van der Waals surface area (Å²) in [5, 5.41) is 21.2. The van der Waals surface area contributed by atoms with Gasteiger partial charge in [-0.3, -0.25) is 0 Å². The zero-order valence-electron chi connectivity index (χ0n) is 20.6. The Labute approximate surface area is 201 Å². The first-order chi connectivity index (χ1) is 15.7. The van der Waals surface area contributed by atoms with Crippen LogP contribution in [0, 0.1) is 0 Å². The summed E-state index contributed by atoms with van der Waals surface area (Å²) >= 11 is 0. The van der Waals surface area contributed by atoms with Gasteiger partial charge >= 0.3 is 11.9 Å². The summed E-state index contributed by atoms with van der Waals surface area (Å²) in [7, 11) is 0. The minimum absolute atomic E-state index is 0.434. The maximum Gasteiger partial charge on any atom is 0.331 e. The molecule has 2 rings (SSSR count). The zero-order chi connectivity index (χ0) is 25.5. The lowest BCUT2D eigenvalue weighted by molar-refractivity contribution is -0.149. The van der Waals surface area contributed by atoms with Crippen molar-refractivity contribution in [3.63, 3.8) is 0 Å². The largest absolute Gasteiger partial charge is 0.457 e. The van der Waals surface area contributed by atoms with Gasteiger partial charge in [0.1, 0.15) is 23.4 Å². The second kappa shape index (κ2) is 11.3. The molecule has 6 nitrogen and oxygen atoms in total. The van der Waals surface area contributed by atoms with Crippen LogP contribution in [0.15, 0.2) is 60.7 Å². The average Bonchev–Trinajstić information content (AvgIpc) is 2.73. The number of aliphatic hydroxyl groups excluding tert-OH is 2. The number of aliphatic hydroxyl groups is 2. The first kappa shape index (κ1) is 27.0. The number of hydrogen-bond acceptors (Lipinski definition) is 6. The average molecular weight is 467 g/mol. The third-order valence-electron chi connectivity index (χ3n) is 4.49. The van der Waals surface area contributed by atoms with Crippen LogP contribution in [0.25, 0.3) is 12.2 Å². The summed E-state index contributed by atoms with van der Waals surface area (Å²) in [6.45, 7) is 10.8. The Morgan fingerprint density at radius 1 is 0.647 bits per heavy atom. The van der Waals surface area contributed by atoms with Crippen molar-refractivity contribution in [2.45, 2.75) is 65.0 Å². The van der Waals surface area contributed by atoms with E-state index in [0.29, 0.717) is 11.1 Å². The molecule has 0 saturated carbocycles. The summed E-state index contributed by atoms with van der Waals surface area (Å²) in [5.74, 6) is -0.868. The van der Waals surface area contributed by atoms with Crippen molar-refractivity contribution in [3.8, 4) is 0 Å². The standard InChI is InChI=1S/C28H34O6/c1-27(2,3)33-23(29)17-11-19-7-13-21(14-8-19)25(31)26(32)22-15-9-20(10-16-22)12-18-24(30)34-28(4,5)6/h7-18,25-26,31-32H,1-6H3/b17-11+,18-12+. The molecule has 0 amide bonds. The van der Waals surface area contributed by atoms with Gasteiger partial charge in [0.15, 0.2) is 0 Å². The molecule has 6 heteroatoms. The molecule has 34 heavy (non-hydrogen) atoms. The lowest BCUT2D eigenvalue weighted by Gasteiger charge is -2.19. The van der Waals surface area contributed by atoms with Crippen molar-refractivity contribution in [2.24, 2.45) is 0 Å². The Bertz CT molecular complexity index is 933. The van der Waals surface area contributed by atoms with Crippen molar-refractivity contribution in [1.29, 1.82) is 0 Å². The van der Waals surface area contributed by atoms with Crippen LogP contribution in [0.3, 0.4) is 0 Å². The molecule has 0 spiro atoms. The van der Waals surface area contributed by atoms with Gasteiger partial charge in [-0.05, 0) is 75.9 Å². The van der Waals surface area contributed by atoms with E-state index in [0.717, 1.165) is 11.1 Å². The lowest BCUT2D eigenvalue weighted by Crippen LogP contribution is -2.22. The Hall–Kier alpha value is -3.22. The quantitative estimate of drug-likeness (QED) is 0.432. The third kappa shape index (κ3) is 9.33. The fraction of sp³-hybridized carbons (Fsp3) is 0.357. The molecular weight excluding hydrogens is 432 g/mol. The summed E-state index contributed by atoms with van der Waals surface area (Å²) in [4.78, 5) is 23.6. The van der Waals surface area contributed by atoms with Crippen LogP contribution in [0.1, 0.15) is 76.0 Å². The third-order valence-corrected chi connectivity index (χ3v) is 4.49. The van der Waals surface area contributed by atoms with Crippen molar-refractivity contribution in [1.82, 2.24) is 0 Å². The maximum absolute atomic E-state index is 11.8. The van der Waals surface area contributed by atoms with Gasteiger partial charge in [-0.1, -0.05) is 48.5 Å². The van der Waals surface area contributed by atoms with E-state index in [-0.39, 0.29) is 0 Å². The van der Waals surface area contributed by atoms with E-state index in [1.54, 1.807) is 102 Å². The van der Waals surface area contributed by atoms with Gasteiger partial charge in [-0.25, -0.2) is 9.59 Å². The smallest absolute Gasteiger partial charge is 0.331 e. The van der Waals surface area contributed by atoms with Crippen LogP contribution in [-0.4, -0.2) is 33.4 Å². The minimum atomic E-state index is -1.13. The topological polar surface area (TPSA) is 93.1 Å². The SMILES string of the molecule is CC(C)(C)OC(=O)/C=C/c1ccc(C(O)C(O)c2ccc(/C=C/C(=O)OC(C)(C)C)cc2)cc1. The van der Waals surface area contributed by atoms with Crippen molar-refractivity contribution >= 4 is 24.1 Å². The predicted octanol–water partition coefficient (Wildman–Crippen LogP) is 5.16.